The maximum atomic E-state index is 11.2. The molecule has 0 aliphatic rings. The van der Waals surface area contributed by atoms with Crippen LogP contribution in [0.5, 0.6) is 0 Å². The van der Waals surface area contributed by atoms with E-state index in [-0.39, 0.29) is 11.3 Å². The Morgan fingerprint density at radius 2 is 1.79 bits per heavy atom. The van der Waals surface area contributed by atoms with Crippen LogP contribution in [-0.2, 0) is 5.75 Å². The van der Waals surface area contributed by atoms with Crippen molar-refractivity contribution in [3.8, 4) is 0 Å². The lowest BCUT2D eigenvalue weighted by atomic mass is 10.1. The van der Waals surface area contributed by atoms with Gasteiger partial charge in [0.15, 0.2) is 0 Å². The van der Waals surface area contributed by atoms with Crippen LogP contribution in [0.4, 0.5) is 5.69 Å². The van der Waals surface area contributed by atoms with E-state index in [0.717, 1.165) is 15.7 Å². The topological polar surface area (TPSA) is 86.2 Å². The highest BCUT2D eigenvalue weighted by Gasteiger charge is 2.16. The van der Waals surface area contributed by atoms with Crippen LogP contribution in [0.1, 0.15) is 15.9 Å². The van der Waals surface area contributed by atoms with Crippen LogP contribution < -0.4 is 5.73 Å². The molecule has 0 spiro atoms. The Hall–Kier alpha value is -2.86. The highest BCUT2D eigenvalue weighted by atomic mass is 32.2. The van der Waals surface area contributed by atoms with Gasteiger partial charge in [0.2, 0.25) is 5.91 Å². The van der Waals surface area contributed by atoms with Crippen molar-refractivity contribution in [2.75, 3.05) is 0 Å². The lowest BCUT2D eigenvalue weighted by Crippen LogP contribution is -2.11. The summed E-state index contributed by atoms with van der Waals surface area (Å²) in [4.78, 5) is 23.0. The van der Waals surface area contributed by atoms with Crippen molar-refractivity contribution in [3.63, 3.8) is 0 Å². The molecule has 0 saturated carbocycles. The summed E-state index contributed by atoms with van der Waals surface area (Å²) in [7, 11) is 0. The number of hydrogen-bond donors (Lipinski definition) is 1. The minimum atomic E-state index is -0.674. The molecule has 0 heterocycles. The van der Waals surface area contributed by atoms with Crippen LogP contribution in [-0.4, -0.2) is 10.8 Å². The van der Waals surface area contributed by atoms with Gasteiger partial charge in [-0.1, -0.05) is 36.4 Å². The van der Waals surface area contributed by atoms with Crippen molar-refractivity contribution in [2.24, 2.45) is 5.73 Å². The number of primary amides is 1. The number of thioether (sulfide) groups is 1. The molecule has 0 atom stereocenters. The molecule has 0 aliphatic carbocycles. The van der Waals surface area contributed by atoms with E-state index in [9.17, 15) is 14.9 Å². The predicted octanol–water partition coefficient (Wildman–Crippen LogP) is 4.14. The average molecular weight is 338 g/mol. The molecule has 0 unspecified atom stereocenters. The smallest absolute Gasteiger partial charge is 0.274 e. The fraction of sp³-hybridized carbons (Fsp3) is 0.0556. The SMILES string of the molecule is NC(=O)c1ccc(CSc2ccc3ccccc3c2)c([N+](=O)[O-])c1. The van der Waals surface area contributed by atoms with Gasteiger partial charge in [0.05, 0.1) is 4.92 Å². The summed E-state index contributed by atoms with van der Waals surface area (Å²) in [5.41, 5.74) is 5.80. The lowest BCUT2D eigenvalue weighted by molar-refractivity contribution is -0.385. The zero-order valence-corrected chi connectivity index (χ0v) is 13.5. The number of hydrogen-bond acceptors (Lipinski definition) is 4. The van der Waals surface area contributed by atoms with Crippen molar-refractivity contribution in [2.45, 2.75) is 10.6 Å². The standard InChI is InChI=1S/C18H14N2O3S/c19-18(21)14-5-6-15(17(10-14)20(22)23)11-24-16-8-7-12-3-1-2-4-13(12)9-16/h1-10H,11H2,(H2,19,21). The molecule has 120 valence electrons. The Morgan fingerprint density at radius 1 is 1.04 bits per heavy atom. The van der Waals surface area contributed by atoms with Crippen LogP contribution in [0.3, 0.4) is 0 Å². The van der Waals surface area contributed by atoms with Crippen LogP contribution in [0.25, 0.3) is 10.8 Å². The third kappa shape index (κ3) is 3.38. The van der Waals surface area contributed by atoms with E-state index in [0.29, 0.717) is 11.3 Å². The van der Waals surface area contributed by atoms with E-state index in [2.05, 4.69) is 6.07 Å². The van der Waals surface area contributed by atoms with Crippen molar-refractivity contribution in [3.05, 3.63) is 81.9 Å². The summed E-state index contributed by atoms with van der Waals surface area (Å²) in [5, 5.41) is 13.5. The first-order valence-electron chi connectivity index (χ1n) is 7.23. The second-order valence-corrected chi connectivity index (χ2v) is 6.31. The van der Waals surface area contributed by atoms with Crippen LogP contribution in [0, 0.1) is 10.1 Å². The summed E-state index contributed by atoms with van der Waals surface area (Å²) < 4.78 is 0. The van der Waals surface area contributed by atoms with Crippen LogP contribution >= 0.6 is 11.8 Å². The van der Waals surface area contributed by atoms with Crippen molar-refractivity contribution in [1.82, 2.24) is 0 Å². The fourth-order valence-electron chi connectivity index (χ4n) is 2.43. The van der Waals surface area contributed by atoms with Gasteiger partial charge in [0.25, 0.3) is 5.69 Å². The second kappa shape index (κ2) is 6.72. The first-order chi connectivity index (χ1) is 11.5. The van der Waals surface area contributed by atoms with E-state index in [1.807, 2.05) is 36.4 Å². The molecule has 0 fully saturated rings. The number of nitro groups is 1. The van der Waals surface area contributed by atoms with E-state index in [4.69, 9.17) is 5.73 Å². The second-order valence-electron chi connectivity index (χ2n) is 5.26. The van der Waals surface area contributed by atoms with Crippen LogP contribution in [0.2, 0.25) is 0 Å². The molecule has 5 nitrogen and oxygen atoms in total. The first-order valence-corrected chi connectivity index (χ1v) is 8.22. The number of nitrogens with two attached hydrogens (primary N) is 1. The Morgan fingerprint density at radius 3 is 2.50 bits per heavy atom. The first kappa shape index (κ1) is 16.0. The molecule has 3 aromatic rings. The van der Waals surface area contributed by atoms with Crippen molar-refractivity contribution in [1.29, 1.82) is 0 Å². The number of nitro benzene ring substituents is 1. The van der Waals surface area contributed by atoms with E-state index in [1.165, 1.54) is 23.9 Å². The normalized spacial score (nSPS) is 10.7. The molecule has 2 N–H and O–H groups in total. The molecular weight excluding hydrogens is 324 g/mol. The third-order valence-corrected chi connectivity index (χ3v) is 4.72. The molecule has 0 aliphatic heterocycles. The molecule has 0 radical (unpaired) electrons. The molecule has 1 amide bonds. The number of carbonyl (C=O) groups excluding carboxylic acids is 1. The van der Waals surface area contributed by atoms with Gasteiger partial charge in [-0.05, 0) is 29.0 Å². The number of nitrogens with zero attached hydrogens (tertiary/aromatic N) is 1. The number of amides is 1. The quantitative estimate of drug-likeness (QED) is 0.430. The largest absolute Gasteiger partial charge is 0.366 e. The van der Waals surface area contributed by atoms with Crippen LogP contribution in [0.15, 0.2) is 65.6 Å². The van der Waals surface area contributed by atoms with E-state index < -0.39 is 10.8 Å². The van der Waals surface area contributed by atoms with Gasteiger partial charge in [-0.15, -0.1) is 11.8 Å². The highest BCUT2D eigenvalue weighted by molar-refractivity contribution is 7.98. The summed E-state index contributed by atoms with van der Waals surface area (Å²) in [6, 6.07) is 18.5. The lowest BCUT2D eigenvalue weighted by Gasteiger charge is -2.06. The monoisotopic (exact) mass is 338 g/mol. The van der Waals surface area contributed by atoms with Gasteiger partial charge in [-0.2, -0.15) is 0 Å². The average Bonchev–Trinajstić information content (AvgIpc) is 2.59. The molecule has 3 rings (SSSR count). The minimum absolute atomic E-state index is 0.0837. The number of carbonyl (C=O) groups is 1. The van der Waals surface area contributed by atoms with Gasteiger partial charge in [0.1, 0.15) is 0 Å². The fourth-order valence-corrected chi connectivity index (χ4v) is 3.37. The zero-order valence-electron chi connectivity index (χ0n) is 12.6. The van der Waals surface area contributed by atoms with Gasteiger partial charge < -0.3 is 5.73 Å². The number of fused-ring (bicyclic) bond motifs is 1. The molecule has 6 heteroatoms. The third-order valence-electron chi connectivity index (χ3n) is 3.68. The minimum Gasteiger partial charge on any atom is -0.366 e. The molecule has 0 bridgehead atoms. The molecule has 0 aromatic heterocycles. The Bertz CT molecular complexity index is 940. The van der Waals surface area contributed by atoms with Gasteiger partial charge in [0, 0.05) is 27.8 Å². The Labute approximate surface area is 142 Å². The maximum absolute atomic E-state index is 11.2. The summed E-state index contributed by atoms with van der Waals surface area (Å²) >= 11 is 1.51. The van der Waals surface area contributed by atoms with Crippen molar-refractivity contribution >= 4 is 34.1 Å². The summed E-state index contributed by atoms with van der Waals surface area (Å²) in [5.74, 6) is -0.236. The molecule has 3 aromatic carbocycles. The number of rotatable bonds is 5. The summed E-state index contributed by atoms with van der Waals surface area (Å²) in [6.45, 7) is 0. The molecule has 24 heavy (non-hydrogen) atoms. The highest BCUT2D eigenvalue weighted by Crippen LogP contribution is 2.30. The van der Waals surface area contributed by atoms with Gasteiger partial charge in [-0.3, -0.25) is 14.9 Å². The van der Waals surface area contributed by atoms with Gasteiger partial charge in [-0.25, -0.2) is 0 Å². The van der Waals surface area contributed by atoms with E-state index >= 15 is 0 Å². The molecule has 0 saturated heterocycles. The summed E-state index contributed by atoms with van der Waals surface area (Å²) in [6.07, 6.45) is 0. The number of benzene rings is 3. The Kier molecular flexibility index (Phi) is 4.48. The molecular formula is C18H14N2O3S. The van der Waals surface area contributed by atoms with E-state index in [1.54, 1.807) is 6.07 Å². The predicted molar refractivity (Wildman–Crippen MR) is 95.1 cm³/mol. The maximum Gasteiger partial charge on any atom is 0.274 e. The zero-order chi connectivity index (χ0) is 17.1. The van der Waals surface area contributed by atoms with Crippen molar-refractivity contribution < 1.29 is 9.72 Å². The van der Waals surface area contributed by atoms with Gasteiger partial charge >= 0.3 is 0 Å². The Balaban J connectivity index is 1.84.